The van der Waals surface area contributed by atoms with Crippen LogP contribution >= 0.6 is 0 Å². The Morgan fingerprint density at radius 3 is 2.41 bits per heavy atom. The van der Waals surface area contributed by atoms with Crippen molar-refractivity contribution in [2.75, 3.05) is 40.8 Å². The van der Waals surface area contributed by atoms with Crippen LogP contribution in [0, 0.1) is 5.92 Å². The quantitative estimate of drug-likeness (QED) is 0.818. The first-order valence-electron chi connectivity index (χ1n) is 8.20. The van der Waals surface area contributed by atoms with E-state index in [1.165, 1.54) is 0 Å². The summed E-state index contributed by atoms with van der Waals surface area (Å²) in [6, 6.07) is 0.673. The van der Waals surface area contributed by atoms with Crippen LogP contribution in [0.5, 0.6) is 0 Å². The SMILES string of the molecule is CN1CC(C2[C@@H](N)CCN2C)C(N(C)C(=O)OC(C)(C)C)C1. The van der Waals surface area contributed by atoms with Crippen LogP contribution in [0.2, 0.25) is 0 Å². The van der Waals surface area contributed by atoms with E-state index in [1.54, 1.807) is 4.90 Å². The molecule has 2 aliphatic rings. The van der Waals surface area contributed by atoms with Gasteiger partial charge in [-0.05, 0) is 47.8 Å². The standard InChI is InChI=1S/C16H32N4O2/c1-16(2,3)22-15(21)20(6)13-10-18(4)9-11(13)14-12(17)7-8-19(14)5/h11-14H,7-10,17H2,1-6H3/t11?,12-,13?,14?/m0/s1. The van der Waals surface area contributed by atoms with Crippen molar-refractivity contribution >= 4 is 6.09 Å². The van der Waals surface area contributed by atoms with Crippen molar-refractivity contribution in [2.45, 2.75) is 50.9 Å². The number of rotatable bonds is 2. The van der Waals surface area contributed by atoms with Gasteiger partial charge >= 0.3 is 6.09 Å². The second-order valence-electron chi connectivity index (χ2n) is 7.97. The van der Waals surface area contributed by atoms with E-state index in [0.717, 1.165) is 26.1 Å². The van der Waals surface area contributed by atoms with Gasteiger partial charge in [0.2, 0.25) is 0 Å². The van der Waals surface area contributed by atoms with Gasteiger partial charge < -0.3 is 25.2 Å². The lowest BCUT2D eigenvalue weighted by atomic mass is 9.89. The summed E-state index contributed by atoms with van der Waals surface area (Å²) in [6.07, 6.45) is 0.788. The molecule has 0 aromatic carbocycles. The van der Waals surface area contributed by atoms with E-state index in [-0.39, 0.29) is 18.2 Å². The first-order chi connectivity index (χ1) is 10.1. The molecular formula is C16H32N4O2. The number of carbonyl (C=O) groups excluding carboxylic acids is 1. The minimum atomic E-state index is -0.466. The number of ether oxygens (including phenoxy) is 1. The van der Waals surface area contributed by atoms with Gasteiger partial charge in [-0.3, -0.25) is 0 Å². The number of likely N-dealkylation sites (tertiary alicyclic amines) is 2. The Hall–Kier alpha value is -0.850. The molecule has 0 aromatic heterocycles. The van der Waals surface area contributed by atoms with Crippen molar-refractivity contribution in [3.05, 3.63) is 0 Å². The maximum absolute atomic E-state index is 12.4. The molecule has 2 rings (SSSR count). The van der Waals surface area contributed by atoms with E-state index < -0.39 is 5.60 Å². The van der Waals surface area contributed by atoms with Crippen LogP contribution in [0.4, 0.5) is 4.79 Å². The first kappa shape index (κ1) is 17.5. The van der Waals surface area contributed by atoms with Crippen molar-refractivity contribution in [2.24, 2.45) is 11.7 Å². The molecule has 2 aliphatic heterocycles. The molecule has 0 saturated carbocycles. The number of hydrogen-bond donors (Lipinski definition) is 1. The summed E-state index contributed by atoms with van der Waals surface area (Å²) in [5.41, 5.74) is 5.87. The van der Waals surface area contributed by atoms with Gasteiger partial charge in [0.25, 0.3) is 0 Å². The van der Waals surface area contributed by atoms with E-state index in [2.05, 4.69) is 23.9 Å². The molecule has 2 N–H and O–H groups in total. The fraction of sp³-hybridized carbons (Fsp3) is 0.938. The second kappa shape index (κ2) is 6.34. The van der Waals surface area contributed by atoms with Gasteiger partial charge in [0.15, 0.2) is 0 Å². The zero-order valence-electron chi connectivity index (χ0n) is 14.9. The van der Waals surface area contributed by atoms with Crippen molar-refractivity contribution in [3.8, 4) is 0 Å². The first-order valence-corrected chi connectivity index (χ1v) is 8.20. The third-order valence-electron chi connectivity index (χ3n) is 4.90. The molecule has 6 heteroatoms. The van der Waals surface area contributed by atoms with E-state index in [4.69, 9.17) is 10.5 Å². The Morgan fingerprint density at radius 1 is 1.27 bits per heavy atom. The van der Waals surface area contributed by atoms with Gasteiger partial charge in [0, 0.05) is 38.1 Å². The molecule has 2 fully saturated rings. The maximum Gasteiger partial charge on any atom is 0.410 e. The van der Waals surface area contributed by atoms with Gasteiger partial charge in [-0.1, -0.05) is 0 Å². The van der Waals surface area contributed by atoms with Crippen molar-refractivity contribution < 1.29 is 9.53 Å². The third kappa shape index (κ3) is 3.73. The lowest BCUT2D eigenvalue weighted by Gasteiger charge is -2.37. The van der Waals surface area contributed by atoms with Crippen molar-refractivity contribution in [1.29, 1.82) is 0 Å². The number of nitrogens with two attached hydrogens (primary N) is 1. The second-order valence-corrected chi connectivity index (χ2v) is 7.97. The molecule has 0 spiro atoms. The predicted octanol–water partition coefficient (Wildman–Crippen LogP) is 0.815. The Kier molecular flexibility index (Phi) is 5.04. The summed E-state index contributed by atoms with van der Waals surface area (Å²) in [7, 11) is 6.10. The number of amides is 1. The minimum Gasteiger partial charge on any atom is -0.444 e. The van der Waals surface area contributed by atoms with E-state index in [1.807, 2.05) is 27.8 Å². The maximum atomic E-state index is 12.4. The normalized spacial score (nSPS) is 34.1. The van der Waals surface area contributed by atoms with E-state index in [9.17, 15) is 4.79 Å². The average Bonchev–Trinajstić information content (AvgIpc) is 2.89. The molecule has 0 aromatic rings. The predicted molar refractivity (Wildman–Crippen MR) is 87.8 cm³/mol. The average molecular weight is 312 g/mol. The Balaban J connectivity index is 2.12. The number of nitrogens with zero attached hydrogens (tertiary/aromatic N) is 3. The molecule has 128 valence electrons. The molecule has 2 saturated heterocycles. The number of hydrogen-bond acceptors (Lipinski definition) is 5. The molecule has 1 amide bonds. The fourth-order valence-corrected chi connectivity index (χ4v) is 3.87. The topological polar surface area (TPSA) is 62.0 Å². The molecule has 22 heavy (non-hydrogen) atoms. The highest BCUT2D eigenvalue weighted by Gasteiger charge is 2.46. The number of likely N-dealkylation sites (N-methyl/N-ethyl adjacent to an activating group) is 3. The van der Waals surface area contributed by atoms with Crippen LogP contribution < -0.4 is 5.73 Å². The summed E-state index contributed by atoms with van der Waals surface area (Å²) in [6.45, 7) is 8.58. The Labute approximate surface area is 134 Å². The summed E-state index contributed by atoms with van der Waals surface area (Å²) in [4.78, 5) is 18.8. The lowest BCUT2D eigenvalue weighted by molar-refractivity contribution is 0.0162. The van der Waals surface area contributed by atoms with Gasteiger partial charge in [0.1, 0.15) is 5.60 Å². The fourth-order valence-electron chi connectivity index (χ4n) is 3.87. The third-order valence-corrected chi connectivity index (χ3v) is 4.90. The van der Waals surface area contributed by atoms with Crippen LogP contribution in [0.3, 0.4) is 0 Å². The molecule has 6 nitrogen and oxygen atoms in total. The van der Waals surface area contributed by atoms with Crippen LogP contribution in [-0.2, 0) is 4.74 Å². The van der Waals surface area contributed by atoms with E-state index >= 15 is 0 Å². The van der Waals surface area contributed by atoms with Crippen molar-refractivity contribution in [3.63, 3.8) is 0 Å². The molecular weight excluding hydrogens is 280 g/mol. The Bertz CT molecular complexity index is 399. The zero-order chi connectivity index (χ0) is 16.7. The van der Waals surface area contributed by atoms with Crippen LogP contribution in [0.25, 0.3) is 0 Å². The summed E-state index contributed by atoms with van der Waals surface area (Å²) in [5, 5.41) is 0. The Morgan fingerprint density at radius 2 is 1.91 bits per heavy atom. The summed E-state index contributed by atoms with van der Waals surface area (Å²) in [5.74, 6) is 0.366. The number of carbonyl (C=O) groups is 1. The molecule has 0 radical (unpaired) electrons. The van der Waals surface area contributed by atoms with Crippen LogP contribution in [0.15, 0.2) is 0 Å². The summed E-state index contributed by atoms with van der Waals surface area (Å²) < 4.78 is 5.54. The minimum absolute atomic E-state index is 0.149. The molecule has 0 bridgehead atoms. The highest BCUT2D eigenvalue weighted by atomic mass is 16.6. The van der Waals surface area contributed by atoms with Crippen LogP contribution in [-0.4, -0.2) is 85.3 Å². The van der Waals surface area contributed by atoms with Gasteiger partial charge in [-0.25, -0.2) is 4.79 Å². The highest BCUT2D eigenvalue weighted by Crippen LogP contribution is 2.31. The summed E-state index contributed by atoms with van der Waals surface area (Å²) >= 11 is 0. The monoisotopic (exact) mass is 312 g/mol. The van der Waals surface area contributed by atoms with E-state index in [0.29, 0.717) is 12.0 Å². The van der Waals surface area contributed by atoms with Gasteiger partial charge in [-0.2, -0.15) is 0 Å². The van der Waals surface area contributed by atoms with Gasteiger partial charge in [0.05, 0.1) is 6.04 Å². The van der Waals surface area contributed by atoms with Crippen LogP contribution in [0.1, 0.15) is 27.2 Å². The highest BCUT2D eigenvalue weighted by molar-refractivity contribution is 5.68. The van der Waals surface area contributed by atoms with Crippen molar-refractivity contribution in [1.82, 2.24) is 14.7 Å². The molecule has 3 unspecified atom stereocenters. The molecule has 2 heterocycles. The smallest absolute Gasteiger partial charge is 0.410 e. The molecule has 4 atom stereocenters. The molecule has 0 aliphatic carbocycles. The largest absolute Gasteiger partial charge is 0.444 e. The van der Waals surface area contributed by atoms with Gasteiger partial charge in [-0.15, -0.1) is 0 Å². The zero-order valence-corrected chi connectivity index (χ0v) is 14.9. The lowest BCUT2D eigenvalue weighted by Crippen LogP contribution is -2.53.